The Morgan fingerprint density at radius 1 is 1.03 bits per heavy atom. The molecule has 2 atom stereocenters. The fraction of sp³-hybridized carbons (Fsp3) is 0.400. The molecule has 0 radical (unpaired) electrons. The number of ether oxygens (including phenoxy) is 4. The molecule has 2 aromatic carbocycles. The summed E-state index contributed by atoms with van der Waals surface area (Å²) in [6, 6.07) is 8.45. The SMILES string of the molecule is COC(=O)c1ccc([C@H]2CC(=O)Oc3cc4c(c(OC)c32)C(=O)O[C@H](C)CCCC(=O)CCCC=C4)cc1. The molecule has 2 aliphatic heterocycles. The number of methoxy groups -OCH3 is 2. The molecule has 8 heteroatoms. The Bertz CT molecular complexity index is 1260. The molecule has 38 heavy (non-hydrogen) atoms. The summed E-state index contributed by atoms with van der Waals surface area (Å²) in [5, 5.41) is 0. The lowest BCUT2D eigenvalue weighted by Gasteiger charge is -2.29. The van der Waals surface area contributed by atoms with Crippen LogP contribution >= 0.6 is 0 Å². The van der Waals surface area contributed by atoms with Gasteiger partial charge in [0, 0.05) is 24.3 Å². The van der Waals surface area contributed by atoms with Gasteiger partial charge in [0.1, 0.15) is 22.8 Å². The zero-order valence-electron chi connectivity index (χ0n) is 21.9. The van der Waals surface area contributed by atoms with Gasteiger partial charge in [0.25, 0.3) is 0 Å². The first-order valence-electron chi connectivity index (χ1n) is 12.9. The van der Waals surface area contributed by atoms with Gasteiger partial charge in [-0.1, -0.05) is 24.3 Å². The van der Waals surface area contributed by atoms with Gasteiger partial charge in [-0.3, -0.25) is 9.59 Å². The number of carbonyl (C=O) groups excluding carboxylic acids is 4. The van der Waals surface area contributed by atoms with Gasteiger partial charge in [-0.2, -0.15) is 0 Å². The van der Waals surface area contributed by atoms with Crippen molar-refractivity contribution in [1.82, 2.24) is 0 Å². The van der Waals surface area contributed by atoms with Crippen LogP contribution in [0.2, 0.25) is 0 Å². The predicted molar refractivity (Wildman–Crippen MR) is 139 cm³/mol. The van der Waals surface area contributed by atoms with Gasteiger partial charge >= 0.3 is 17.9 Å². The van der Waals surface area contributed by atoms with Crippen LogP contribution in [-0.4, -0.2) is 44.0 Å². The molecule has 200 valence electrons. The van der Waals surface area contributed by atoms with E-state index in [0.717, 1.165) is 5.56 Å². The van der Waals surface area contributed by atoms with Crippen LogP contribution in [0.4, 0.5) is 0 Å². The second-order valence-corrected chi connectivity index (χ2v) is 9.57. The van der Waals surface area contributed by atoms with Crippen LogP contribution in [0.5, 0.6) is 11.5 Å². The minimum atomic E-state index is -0.545. The maximum atomic E-state index is 13.5. The summed E-state index contributed by atoms with van der Waals surface area (Å²) in [4.78, 5) is 50.1. The van der Waals surface area contributed by atoms with E-state index in [-0.39, 0.29) is 23.5 Å². The van der Waals surface area contributed by atoms with Crippen molar-refractivity contribution in [3.05, 3.63) is 64.2 Å². The number of rotatable bonds is 3. The molecule has 2 aromatic rings. The number of hydrogen-bond donors (Lipinski definition) is 0. The summed E-state index contributed by atoms with van der Waals surface area (Å²) in [6.45, 7) is 1.81. The van der Waals surface area contributed by atoms with E-state index in [9.17, 15) is 19.2 Å². The number of benzene rings is 2. The fourth-order valence-corrected chi connectivity index (χ4v) is 4.96. The van der Waals surface area contributed by atoms with Crippen molar-refractivity contribution in [3.8, 4) is 11.5 Å². The molecule has 0 saturated heterocycles. The van der Waals surface area contributed by atoms with Gasteiger partial charge in [0.05, 0.1) is 32.3 Å². The zero-order valence-corrected chi connectivity index (χ0v) is 21.9. The van der Waals surface area contributed by atoms with E-state index in [1.165, 1.54) is 14.2 Å². The molecule has 0 amide bonds. The largest absolute Gasteiger partial charge is 0.495 e. The third-order valence-electron chi connectivity index (χ3n) is 6.90. The first-order valence-corrected chi connectivity index (χ1v) is 12.9. The molecular weight excluding hydrogens is 488 g/mol. The van der Waals surface area contributed by atoms with Crippen LogP contribution in [0.1, 0.15) is 95.2 Å². The maximum absolute atomic E-state index is 13.5. The Kier molecular flexibility index (Phi) is 8.61. The summed E-state index contributed by atoms with van der Waals surface area (Å²) in [5.41, 5.74) is 2.49. The smallest absolute Gasteiger partial charge is 0.342 e. The van der Waals surface area contributed by atoms with E-state index >= 15 is 0 Å². The first kappa shape index (κ1) is 27.1. The summed E-state index contributed by atoms with van der Waals surface area (Å²) in [6.07, 6.45) is 6.89. The van der Waals surface area contributed by atoms with Crippen molar-refractivity contribution in [1.29, 1.82) is 0 Å². The molecule has 0 fully saturated rings. The molecule has 0 N–H and O–H groups in total. The van der Waals surface area contributed by atoms with E-state index in [1.807, 2.05) is 13.0 Å². The van der Waals surface area contributed by atoms with Crippen LogP contribution in [0.3, 0.4) is 0 Å². The standard InChI is InChI=1S/C30H32O8/c1-18-8-7-11-22(31)10-6-4-5-9-21-16-24-27(28(35-2)26(21)30(34)37-18)23(17-25(32)38-24)19-12-14-20(15-13-19)29(33)36-3/h5,9,12-16,18,23H,4,6-8,10-11,17H2,1-3H3/t18-,23-/m1/s1. The molecule has 4 rings (SSSR count). The first-order chi connectivity index (χ1) is 18.3. The third-order valence-corrected chi connectivity index (χ3v) is 6.90. The Hall–Kier alpha value is -3.94. The fourth-order valence-electron chi connectivity index (χ4n) is 4.96. The van der Waals surface area contributed by atoms with Crippen LogP contribution in [0.15, 0.2) is 36.4 Å². The predicted octanol–water partition coefficient (Wildman–Crippen LogP) is 5.40. The molecule has 0 unspecified atom stereocenters. The second kappa shape index (κ2) is 12.1. The number of esters is 3. The van der Waals surface area contributed by atoms with Crippen molar-refractivity contribution in [2.45, 2.75) is 63.9 Å². The average Bonchev–Trinajstić information content (AvgIpc) is 2.90. The zero-order chi connectivity index (χ0) is 27.2. The van der Waals surface area contributed by atoms with E-state index in [2.05, 4.69) is 0 Å². The number of ketones is 1. The normalized spacial score (nSPS) is 20.3. The highest BCUT2D eigenvalue weighted by molar-refractivity contribution is 5.99. The summed E-state index contributed by atoms with van der Waals surface area (Å²) in [5.74, 6) is -1.08. The lowest BCUT2D eigenvalue weighted by atomic mass is 9.83. The molecule has 8 nitrogen and oxygen atoms in total. The van der Waals surface area contributed by atoms with Crippen LogP contribution < -0.4 is 9.47 Å². The molecule has 0 spiro atoms. The number of cyclic esters (lactones) is 1. The monoisotopic (exact) mass is 520 g/mol. The lowest BCUT2D eigenvalue weighted by molar-refractivity contribution is -0.135. The van der Waals surface area contributed by atoms with Crippen LogP contribution in [0, 0.1) is 0 Å². The quantitative estimate of drug-likeness (QED) is 0.391. The molecule has 2 heterocycles. The highest BCUT2D eigenvalue weighted by Crippen LogP contribution is 2.47. The number of carbonyl (C=O) groups is 4. The molecular formula is C30H32O8. The van der Waals surface area contributed by atoms with Crippen LogP contribution in [-0.2, 0) is 19.1 Å². The Balaban J connectivity index is 1.82. The molecule has 0 aromatic heterocycles. The second-order valence-electron chi connectivity index (χ2n) is 9.57. The third kappa shape index (κ3) is 5.96. The summed E-state index contributed by atoms with van der Waals surface area (Å²) < 4.78 is 22.0. The highest BCUT2D eigenvalue weighted by atomic mass is 16.5. The Morgan fingerprint density at radius 2 is 1.76 bits per heavy atom. The number of Topliss-reactive ketones (excluding diaryl/α,β-unsaturated/α-hetero) is 1. The van der Waals surface area contributed by atoms with Gasteiger partial charge in [0.15, 0.2) is 0 Å². The van der Waals surface area contributed by atoms with Gasteiger partial charge in [-0.05, 0) is 61.9 Å². The minimum absolute atomic E-state index is 0.0367. The van der Waals surface area contributed by atoms with Gasteiger partial charge in [0.2, 0.25) is 0 Å². The number of allylic oxidation sites excluding steroid dienone is 1. The Labute approximate surface area is 221 Å². The van der Waals surface area contributed by atoms with Crippen molar-refractivity contribution < 1.29 is 38.1 Å². The summed E-state index contributed by atoms with van der Waals surface area (Å²) in [7, 11) is 2.79. The van der Waals surface area contributed by atoms with E-state index < -0.39 is 29.9 Å². The lowest BCUT2D eigenvalue weighted by Crippen LogP contribution is -2.24. The molecule has 0 saturated carbocycles. The molecule has 0 aliphatic carbocycles. The summed E-state index contributed by atoms with van der Waals surface area (Å²) >= 11 is 0. The Morgan fingerprint density at radius 3 is 2.47 bits per heavy atom. The minimum Gasteiger partial charge on any atom is -0.495 e. The van der Waals surface area contributed by atoms with Gasteiger partial charge in [-0.15, -0.1) is 0 Å². The van der Waals surface area contributed by atoms with E-state index in [1.54, 1.807) is 36.4 Å². The van der Waals surface area contributed by atoms with Crippen LogP contribution in [0.25, 0.3) is 6.08 Å². The molecule has 2 aliphatic rings. The van der Waals surface area contributed by atoms with Crippen molar-refractivity contribution in [2.75, 3.05) is 14.2 Å². The molecule has 0 bridgehead atoms. The van der Waals surface area contributed by atoms with Gasteiger partial charge in [-0.25, -0.2) is 9.59 Å². The number of fused-ring (bicyclic) bond motifs is 2. The average molecular weight is 521 g/mol. The number of hydrogen-bond acceptors (Lipinski definition) is 8. The highest BCUT2D eigenvalue weighted by Gasteiger charge is 2.36. The topological polar surface area (TPSA) is 105 Å². The van der Waals surface area contributed by atoms with Crippen molar-refractivity contribution >= 4 is 29.8 Å². The van der Waals surface area contributed by atoms with Crippen molar-refractivity contribution in [3.63, 3.8) is 0 Å². The van der Waals surface area contributed by atoms with E-state index in [0.29, 0.717) is 61.0 Å². The van der Waals surface area contributed by atoms with Crippen molar-refractivity contribution in [2.24, 2.45) is 0 Å². The van der Waals surface area contributed by atoms with Gasteiger partial charge < -0.3 is 18.9 Å². The maximum Gasteiger partial charge on any atom is 0.342 e. The van der Waals surface area contributed by atoms with E-state index in [4.69, 9.17) is 18.9 Å².